The summed E-state index contributed by atoms with van der Waals surface area (Å²) in [5.74, 6) is -0.164. The Bertz CT molecular complexity index is 1150. The number of hydrogen-bond donors (Lipinski definition) is 0. The number of ketones is 1. The first-order chi connectivity index (χ1) is 15.7. The molecule has 0 aliphatic heterocycles. The number of Topliss-reactive ketones (excluding diaryl/α,β-unsaturated/α-hetero) is 1. The molecular formula is C28H25NO2S. The molecule has 0 bridgehead atoms. The minimum absolute atomic E-state index is 0.0514. The molecule has 1 aromatic heterocycles. The van der Waals surface area contributed by atoms with Gasteiger partial charge in [-0.25, -0.2) is 4.98 Å². The van der Waals surface area contributed by atoms with Crippen molar-refractivity contribution in [1.82, 2.24) is 4.98 Å². The Morgan fingerprint density at radius 3 is 1.97 bits per heavy atom. The van der Waals surface area contributed by atoms with E-state index in [1.165, 1.54) is 0 Å². The summed E-state index contributed by atoms with van der Waals surface area (Å²) < 4.78 is 13.8. The van der Waals surface area contributed by atoms with Crippen LogP contribution in [0, 0.1) is 0 Å². The van der Waals surface area contributed by atoms with Crippen LogP contribution in [0.15, 0.2) is 120 Å². The van der Waals surface area contributed by atoms with Crippen molar-refractivity contribution in [1.29, 1.82) is 0 Å². The third kappa shape index (κ3) is 5.45. The summed E-state index contributed by atoms with van der Waals surface area (Å²) in [6.45, 7) is 0. The number of hydrogen-bond acceptors (Lipinski definition) is 3. The van der Waals surface area contributed by atoms with Crippen molar-refractivity contribution in [2.75, 3.05) is 0 Å². The Hall–Kier alpha value is -3.37. The van der Waals surface area contributed by atoms with Gasteiger partial charge < -0.3 is 0 Å². The Morgan fingerprint density at radius 2 is 1.34 bits per heavy atom. The van der Waals surface area contributed by atoms with Crippen molar-refractivity contribution in [2.45, 2.75) is 29.0 Å². The number of carbonyl (C=O) groups excluding carboxylic acids is 1. The lowest BCUT2D eigenvalue weighted by Gasteiger charge is -2.27. The first-order valence-electron chi connectivity index (χ1n) is 10.7. The predicted octanol–water partition coefficient (Wildman–Crippen LogP) is 5.86. The smallest absolute Gasteiger partial charge is 0.163 e. The number of nitrogens with zero attached hydrogens (tertiary/aromatic N) is 1. The van der Waals surface area contributed by atoms with Crippen molar-refractivity contribution in [3.8, 4) is 0 Å². The molecule has 0 aliphatic rings. The molecule has 0 fully saturated rings. The van der Waals surface area contributed by atoms with E-state index in [0.717, 1.165) is 11.1 Å². The van der Waals surface area contributed by atoms with E-state index in [9.17, 15) is 9.00 Å². The largest absolute Gasteiger partial charge is 0.294 e. The fraction of sp³-hybridized carbons (Fsp3) is 0.143. The summed E-state index contributed by atoms with van der Waals surface area (Å²) in [5.41, 5.74) is 2.78. The van der Waals surface area contributed by atoms with E-state index in [-0.39, 0.29) is 23.4 Å². The van der Waals surface area contributed by atoms with Gasteiger partial charge in [0, 0.05) is 24.1 Å². The van der Waals surface area contributed by atoms with Crippen LogP contribution in [0.1, 0.15) is 33.8 Å². The van der Waals surface area contributed by atoms with Crippen molar-refractivity contribution >= 4 is 16.6 Å². The molecule has 1 heterocycles. The molecule has 4 aromatic rings. The van der Waals surface area contributed by atoms with Crippen molar-refractivity contribution in [2.24, 2.45) is 0 Å². The van der Waals surface area contributed by atoms with Gasteiger partial charge in [0.25, 0.3) is 0 Å². The molecule has 3 nitrogen and oxygen atoms in total. The van der Waals surface area contributed by atoms with Gasteiger partial charge >= 0.3 is 0 Å². The van der Waals surface area contributed by atoms with E-state index in [1.807, 2.05) is 103 Å². The molecule has 0 spiro atoms. The van der Waals surface area contributed by atoms with Gasteiger partial charge in [-0.3, -0.25) is 9.00 Å². The molecule has 3 aromatic carbocycles. The second kappa shape index (κ2) is 10.8. The average molecular weight is 440 g/mol. The van der Waals surface area contributed by atoms with Gasteiger partial charge in [-0.15, -0.1) is 0 Å². The highest BCUT2D eigenvalue weighted by molar-refractivity contribution is 7.85. The van der Waals surface area contributed by atoms with E-state index in [4.69, 9.17) is 0 Å². The zero-order chi connectivity index (χ0) is 22.2. The molecule has 4 heteroatoms. The first-order valence-corrected chi connectivity index (χ1v) is 11.9. The van der Waals surface area contributed by atoms with E-state index < -0.39 is 10.8 Å². The van der Waals surface area contributed by atoms with Crippen LogP contribution < -0.4 is 0 Å². The van der Waals surface area contributed by atoms with Gasteiger partial charge in [0.15, 0.2) is 5.78 Å². The van der Waals surface area contributed by atoms with E-state index >= 15 is 0 Å². The van der Waals surface area contributed by atoms with Gasteiger partial charge in [-0.1, -0.05) is 97.1 Å². The summed E-state index contributed by atoms with van der Waals surface area (Å²) in [6, 6.07) is 34.8. The van der Waals surface area contributed by atoms with Gasteiger partial charge in [0.05, 0.1) is 16.0 Å². The summed E-state index contributed by atoms with van der Waals surface area (Å²) in [7, 11) is -1.39. The van der Waals surface area contributed by atoms with Crippen LogP contribution in [0.2, 0.25) is 0 Å². The fourth-order valence-electron chi connectivity index (χ4n) is 3.94. The Morgan fingerprint density at radius 1 is 0.750 bits per heavy atom. The summed E-state index contributed by atoms with van der Waals surface area (Å²) >= 11 is 0. The van der Waals surface area contributed by atoms with Gasteiger partial charge in [0.2, 0.25) is 0 Å². The molecule has 160 valence electrons. The lowest BCUT2D eigenvalue weighted by Crippen LogP contribution is -2.29. The molecule has 0 saturated carbocycles. The Kier molecular flexibility index (Phi) is 7.36. The Balaban J connectivity index is 1.74. The number of pyridine rings is 1. The first kappa shape index (κ1) is 21.8. The van der Waals surface area contributed by atoms with Gasteiger partial charge in [-0.05, 0) is 29.7 Å². The third-order valence-corrected chi connectivity index (χ3v) is 7.28. The minimum Gasteiger partial charge on any atom is -0.294 e. The Labute approximate surface area is 191 Å². The quantitative estimate of drug-likeness (QED) is 0.307. The van der Waals surface area contributed by atoms with Crippen LogP contribution in [0.4, 0.5) is 0 Å². The molecule has 0 amide bonds. The molecule has 0 aliphatic carbocycles. The monoisotopic (exact) mass is 439 g/mol. The molecule has 32 heavy (non-hydrogen) atoms. The van der Waals surface area contributed by atoms with Crippen LogP contribution in [0.5, 0.6) is 0 Å². The summed E-state index contributed by atoms with van der Waals surface area (Å²) in [4.78, 5) is 17.6. The molecule has 0 saturated heterocycles. The molecule has 0 N–H and O–H groups in total. The molecule has 1 unspecified atom stereocenters. The molecule has 3 atom stereocenters. The topological polar surface area (TPSA) is 47.0 Å². The molecular weight excluding hydrogens is 414 g/mol. The van der Waals surface area contributed by atoms with Gasteiger partial charge in [0.1, 0.15) is 5.03 Å². The molecule has 0 radical (unpaired) electrons. The maximum atomic E-state index is 13.8. The van der Waals surface area contributed by atoms with Crippen molar-refractivity contribution in [3.63, 3.8) is 0 Å². The zero-order valence-electron chi connectivity index (χ0n) is 17.7. The summed E-state index contributed by atoms with van der Waals surface area (Å²) in [6.07, 6.45) is 2.54. The summed E-state index contributed by atoms with van der Waals surface area (Å²) in [5, 5.41) is 0.240. The number of aromatic nitrogens is 1. The van der Waals surface area contributed by atoms with Gasteiger partial charge in [-0.2, -0.15) is 0 Å². The van der Waals surface area contributed by atoms with Crippen LogP contribution in [0.25, 0.3) is 0 Å². The van der Waals surface area contributed by atoms with E-state index in [2.05, 4.69) is 4.98 Å². The third-order valence-electron chi connectivity index (χ3n) is 5.58. The molecule has 4 rings (SSSR count). The number of carbonyl (C=O) groups is 1. The zero-order valence-corrected chi connectivity index (χ0v) is 18.5. The van der Waals surface area contributed by atoms with E-state index in [0.29, 0.717) is 17.0 Å². The number of rotatable bonds is 9. The minimum atomic E-state index is -1.39. The second-order valence-corrected chi connectivity index (χ2v) is 9.32. The maximum Gasteiger partial charge on any atom is 0.163 e. The van der Waals surface area contributed by atoms with E-state index in [1.54, 1.807) is 12.3 Å². The average Bonchev–Trinajstić information content (AvgIpc) is 2.88. The second-order valence-electron chi connectivity index (χ2n) is 7.70. The highest BCUT2D eigenvalue weighted by atomic mass is 32.2. The lowest BCUT2D eigenvalue weighted by molar-refractivity contribution is 0.0973. The normalized spacial score (nSPS) is 13.8. The standard InChI is InChI=1S/C28H25NO2S/c30-26(24-16-8-3-9-17-24)21-25(23-14-6-2-7-15-23)27(20-22-12-4-1-5-13-22)32(31)28-18-10-11-19-29-28/h1-19,25,27H,20-21H2/t25-,27+,32?/m0/s1. The lowest BCUT2D eigenvalue weighted by atomic mass is 9.86. The van der Waals surface area contributed by atoms with Crippen molar-refractivity contribution < 1.29 is 9.00 Å². The maximum absolute atomic E-state index is 13.8. The van der Waals surface area contributed by atoms with Crippen LogP contribution in [-0.4, -0.2) is 20.2 Å². The van der Waals surface area contributed by atoms with Crippen molar-refractivity contribution in [3.05, 3.63) is 132 Å². The predicted molar refractivity (Wildman–Crippen MR) is 129 cm³/mol. The highest BCUT2D eigenvalue weighted by Gasteiger charge is 2.32. The SMILES string of the molecule is O=C(C[C@@H](c1ccccc1)[C@@H](Cc1ccccc1)S(=O)c1ccccn1)c1ccccc1. The van der Waals surface area contributed by atoms with Crippen LogP contribution >= 0.6 is 0 Å². The van der Waals surface area contributed by atoms with Crippen LogP contribution in [0.3, 0.4) is 0 Å². The highest BCUT2D eigenvalue weighted by Crippen LogP contribution is 2.32. The fourth-order valence-corrected chi connectivity index (χ4v) is 5.52. The van der Waals surface area contributed by atoms with Crippen LogP contribution in [-0.2, 0) is 17.2 Å². The number of benzene rings is 3.